The summed E-state index contributed by atoms with van der Waals surface area (Å²) in [6, 6.07) is 16.2. The van der Waals surface area contributed by atoms with E-state index in [1.165, 1.54) is 24.3 Å². The highest BCUT2D eigenvalue weighted by Crippen LogP contribution is 2.69. The molecule has 9 heteroatoms. The zero-order valence-electron chi connectivity index (χ0n) is 10.6. The van der Waals surface area contributed by atoms with Crippen molar-refractivity contribution in [3.63, 3.8) is 0 Å². The molecule has 0 saturated carbocycles. The van der Waals surface area contributed by atoms with Gasteiger partial charge in [0.05, 0.1) is 0 Å². The molecular formula is C12H10N3O4P2+. The molecule has 0 bridgehead atoms. The van der Waals surface area contributed by atoms with Crippen LogP contribution < -0.4 is 9.05 Å². The average Bonchev–Trinajstić information content (AvgIpc) is 2.49. The van der Waals surface area contributed by atoms with E-state index < -0.39 is 14.9 Å². The second kappa shape index (κ2) is 6.91. The third-order valence-electron chi connectivity index (χ3n) is 2.25. The van der Waals surface area contributed by atoms with E-state index in [1.807, 2.05) is 0 Å². The zero-order valence-corrected chi connectivity index (χ0v) is 12.4. The Morgan fingerprint density at radius 3 is 1.76 bits per heavy atom. The van der Waals surface area contributed by atoms with E-state index in [9.17, 15) is 9.13 Å². The van der Waals surface area contributed by atoms with Gasteiger partial charge in [0.2, 0.25) is 0 Å². The molecule has 1 unspecified atom stereocenters. The quantitative estimate of drug-likeness (QED) is 0.311. The van der Waals surface area contributed by atoms with Crippen LogP contribution in [0.1, 0.15) is 0 Å². The molecule has 0 fully saturated rings. The molecule has 0 heterocycles. The monoisotopic (exact) mass is 322 g/mol. The highest BCUT2D eigenvalue weighted by Gasteiger charge is 2.53. The largest absolute Gasteiger partial charge is 0.693 e. The summed E-state index contributed by atoms with van der Waals surface area (Å²) >= 11 is 0. The minimum Gasteiger partial charge on any atom is -0.380 e. The SMILES string of the molecule is [N-]=[N+]=N[P+](=O)P(=O)(Oc1ccccc1)Oc1ccccc1. The van der Waals surface area contributed by atoms with E-state index in [-0.39, 0.29) is 11.5 Å². The van der Waals surface area contributed by atoms with Crippen molar-refractivity contribution in [3.8, 4) is 11.5 Å². The van der Waals surface area contributed by atoms with E-state index in [4.69, 9.17) is 14.6 Å². The Bertz CT molecular complexity index is 672. The van der Waals surface area contributed by atoms with Gasteiger partial charge < -0.3 is 9.05 Å². The Morgan fingerprint density at radius 2 is 1.38 bits per heavy atom. The topological polar surface area (TPSA) is 101 Å². The highest BCUT2D eigenvalue weighted by atomic mass is 32.1. The summed E-state index contributed by atoms with van der Waals surface area (Å²) in [6.45, 7) is 0. The zero-order chi connectivity index (χ0) is 15.1. The van der Waals surface area contributed by atoms with E-state index in [0.29, 0.717) is 0 Å². The van der Waals surface area contributed by atoms with Gasteiger partial charge in [0.25, 0.3) is 0 Å². The minimum atomic E-state index is -4.18. The maximum atomic E-state index is 12.6. The third kappa shape index (κ3) is 4.07. The fraction of sp³-hybridized carbons (Fsp3) is 0. The van der Waals surface area contributed by atoms with Crippen LogP contribution in [0.3, 0.4) is 0 Å². The Labute approximate surface area is 121 Å². The van der Waals surface area contributed by atoms with Gasteiger partial charge in [-0.3, -0.25) is 0 Å². The maximum absolute atomic E-state index is 12.6. The molecule has 106 valence electrons. The molecule has 0 spiro atoms. The molecule has 0 aromatic heterocycles. The summed E-state index contributed by atoms with van der Waals surface area (Å²) in [5.41, 5.74) is 8.37. The normalized spacial score (nSPS) is 11.1. The third-order valence-corrected chi connectivity index (χ3v) is 5.78. The molecule has 0 amide bonds. The van der Waals surface area contributed by atoms with Gasteiger partial charge in [-0.05, 0) is 28.8 Å². The molecule has 7 nitrogen and oxygen atoms in total. The van der Waals surface area contributed by atoms with Crippen molar-refractivity contribution in [1.82, 2.24) is 0 Å². The number of nitrogens with zero attached hydrogens (tertiary/aromatic N) is 3. The summed E-state index contributed by atoms with van der Waals surface area (Å²) < 4.78 is 34.9. The lowest BCUT2D eigenvalue weighted by atomic mass is 10.3. The van der Waals surface area contributed by atoms with Gasteiger partial charge in [0.15, 0.2) is 4.88 Å². The van der Waals surface area contributed by atoms with Crippen molar-refractivity contribution in [2.24, 2.45) is 4.88 Å². The van der Waals surface area contributed by atoms with Gasteiger partial charge >= 0.3 is 14.9 Å². The highest BCUT2D eigenvalue weighted by molar-refractivity contribution is 8.22. The van der Waals surface area contributed by atoms with Crippen LogP contribution >= 0.6 is 14.9 Å². The van der Waals surface area contributed by atoms with Crippen LogP contribution in [0.25, 0.3) is 10.4 Å². The number of azide groups is 1. The molecule has 21 heavy (non-hydrogen) atoms. The summed E-state index contributed by atoms with van der Waals surface area (Å²) in [4.78, 5) is 5.36. The van der Waals surface area contributed by atoms with Crippen molar-refractivity contribution < 1.29 is 18.2 Å². The first kappa shape index (κ1) is 15.1. The molecule has 2 rings (SSSR count). The van der Waals surface area contributed by atoms with Gasteiger partial charge in [-0.1, -0.05) is 36.4 Å². The lowest BCUT2D eigenvalue weighted by Crippen LogP contribution is -1.97. The molecule has 1 atom stereocenters. The van der Waals surface area contributed by atoms with Crippen LogP contribution in [-0.2, 0) is 9.13 Å². The Hall–Kier alpha value is -2.32. The van der Waals surface area contributed by atoms with Gasteiger partial charge in [-0.2, -0.15) is 4.57 Å². The van der Waals surface area contributed by atoms with E-state index in [1.54, 1.807) is 36.4 Å². The van der Waals surface area contributed by atoms with Gasteiger partial charge in [-0.15, -0.1) is 0 Å². The van der Waals surface area contributed by atoms with Crippen molar-refractivity contribution in [1.29, 1.82) is 0 Å². The molecule has 0 aliphatic carbocycles. The minimum absolute atomic E-state index is 0.202. The smallest absolute Gasteiger partial charge is 0.380 e. The lowest BCUT2D eigenvalue weighted by molar-refractivity contribution is 0.403. The van der Waals surface area contributed by atoms with Crippen molar-refractivity contribution >= 4 is 14.9 Å². The Balaban J connectivity index is 2.33. The van der Waals surface area contributed by atoms with E-state index in [2.05, 4.69) is 9.80 Å². The molecule has 0 N–H and O–H groups in total. The molecule has 0 radical (unpaired) electrons. The van der Waals surface area contributed by atoms with Crippen LogP contribution in [0.5, 0.6) is 11.5 Å². The molecule has 0 aliphatic rings. The first-order valence-corrected chi connectivity index (χ1v) is 9.22. The second-order valence-corrected chi connectivity index (χ2v) is 8.19. The van der Waals surface area contributed by atoms with Gasteiger partial charge in [0, 0.05) is 10.4 Å². The Kier molecular flexibility index (Phi) is 4.96. The number of hydrogen-bond donors (Lipinski definition) is 0. The van der Waals surface area contributed by atoms with Gasteiger partial charge in [0.1, 0.15) is 11.5 Å². The van der Waals surface area contributed by atoms with Crippen LogP contribution in [0.2, 0.25) is 0 Å². The maximum Gasteiger partial charge on any atom is 0.693 e. The van der Waals surface area contributed by atoms with Crippen molar-refractivity contribution in [2.75, 3.05) is 0 Å². The predicted octanol–water partition coefficient (Wildman–Crippen LogP) is 5.31. The average molecular weight is 322 g/mol. The number of hydrogen-bond acceptors (Lipinski definition) is 4. The fourth-order valence-electron chi connectivity index (χ4n) is 1.40. The number of benzene rings is 2. The molecular weight excluding hydrogens is 312 g/mol. The molecule has 0 aliphatic heterocycles. The van der Waals surface area contributed by atoms with E-state index in [0.717, 1.165) is 0 Å². The molecule has 2 aromatic rings. The number of rotatable bonds is 6. The standard InChI is InChI=1S/C12H10N3O4P2/c13-14-15-20(16)21(17,18-11-7-3-1-4-8-11)19-12-9-5-2-6-10-12/h1-10H/q+1. The predicted molar refractivity (Wildman–Crippen MR) is 78.5 cm³/mol. The van der Waals surface area contributed by atoms with Gasteiger partial charge in [-0.25, -0.2) is 0 Å². The van der Waals surface area contributed by atoms with Crippen molar-refractivity contribution in [2.45, 2.75) is 0 Å². The summed E-state index contributed by atoms with van der Waals surface area (Å²) in [5.74, 6) is 0.404. The van der Waals surface area contributed by atoms with E-state index >= 15 is 0 Å². The lowest BCUT2D eigenvalue weighted by Gasteiger charge is -2.09. The molecule has 2 aromatic carbocycles. The summed E-state index contributed by atoms with van der Waals surface area (Å²) in [6.07, 6.45) is 0. The first-order valence-electron chi connectivity index (χ1n) is 5.76. The summed E-state index contributed by atoms with van der Waals surface area (Å²) in [5, 5.41) is 0. The fourth-order valence-corrected chi connectivity index (χ4v) is 3.91. The number of para-hydroxylation sites is 2. The summed E-state index contributed by atoms with van der Waals surface area (Å²) in [7, 11) is -7.09. The van der Waals surface area contributed by atoms with Crippen LogP contribution in [-0.4, -0.2) is 0 Å². The first-order chi connectivity index (χ1) is 10.1. The molecule has 0 saturated heterocycles. The second-order valence-electron chi connectivity index (χ2n) is 3.71. The van der Waals surface area contributed by atoms with Crippen LogP contribution in [0, 0.1) is 0 Å². The Morgan fingerprint density at radius 1 is 0.952 bits per heavy atom. The van der Waals surface area contributed by atoms with Crippen LogP contribution in [0.15, 0.2) is 65.5 Å². The van der Waals surface area contributed by atoms with Crippen LogP contribution in [0.4, 0.5) is 0 Å². The van der Waals surface area contributed by atoms with Crippen molar-refractivity contribution in [3.05, 3.63) is 71.1 Å².